The average molecular weight is 265 g/mol. The fourth-order valence-electron chi connectivity index (χ4n) is 1.33. The van der Waals surface area contributed by atoms with Gasteiger partial charge in [-0.25, -0.2) is 13.2 Å². The zero-order valence-electron chi connectivity index (χ0n) is 10.1. The second-order valence-electron chi connectivity index (χ2n) is 3.91. The smallest absolute Gasteiger partial charge is 0.327 e. The van der Waals surface area contributed by atoms with E-state index in [1.165, 1.54) is 0 Å². The SMILES string of the molecule is CCCCCS(=O)(=O)C[C@H](NC(C)=O)C(=O)O. The van der Waals surface area contributed by atoms with E-state index in [2.05, 4.69) is 5.32 Å². The highest BCUT2D eigenvalue weighted by atomic mass is 32.2. The summed E-state index contributed by atoms with van der Waals surface area (Å²) in [6.45, 7) is 3.10. The van der Waals surface area contributed by atoms with Crippen molar-refractivity contribution in [2.75, 3.05) is 11.5 Å². The minimum absolute atomic E-state index is 0.0375. The molecule has 0 rings (SSSR count). The van der Waals surface area contributed by atoms with Crippen LogP contribution in [0.15, 0.2) is 0 Å². The molecule has 0 aromatic heterocycles. The molecule has 0 aliphatic heterocycles. The van der Waals surface area contributed by atoms with Crippen LogP contribution in [-0.4, -0.2) is 42.9 Å². The van der Waals surface area contributed by atoms with Crippen LogP contribution in [0.3, 0.4) is 0 Å². The lowest BCUT2D eigenvalue weighted by Crippen LogP contribution is -2.44. The van der Waals surface area contributed by atoms with Crippen molar-refractivity contribution in [3.8, 4) is 0 Å². The summed E-state index contributed by atoms with van der Waals surface area (Å²) >= 11 is 0. The number of aliphatic carboxylic acids is 1. The van der Waals surface area contributed by atoms with Gasteiger partial charge in [0.25, 0.3) is 0 Å². The van der Waals surface area contributed by atoms with Crippen molar-refractivity contribution in [1.29, 1.82) is 0 Å². The van der Waals surface area contributed by atoms with Gasteiger partial charge in [-0.05, 0) is 6.42 Å². The predicted molar refractivity (Wildman–Crippen MR) is 63.4 cm³/mol. The van der Waals surface area contributed by atoms with Crippen LogP contribution >= 0.6 is 0 Å². The molecule has 0 aliphatic carbocycles. The van der Waals surface area contributed by atoms with Crippen molar-refractivity contribution < 1.29 is 23.1 Å². The first-order chi connectivity index (χ1) is 7.78. The van der Waals surface area contributed by atoms with Crippen LogP contribution in [0, 0.1) is 0 Å². The molecule has 6 nitrogen and oxygen atoms in total. The molecule has 0 aliphatic rings. The van der Waals surface area contributed by atoms with Crippen molar-refractivity contribution in [1.82, 2.24) is 5.32 Å². The lowest BCUT2D eigenvalue weighted by molar-refractivity contribution is -0.140. The minimum Gasteiger partial charge on any atom is -0.480 e. The molecule has 2 N–H and O–H groups in total. The highest BCUT2D eigenvalue weighted by Crippen LogP contribution is 2.02. The number of hydrogen-bond acceptors (Lipinski definition) is 4. The van der Waals surface area contributed by atoms with Crippen LogP contribution in [0.1, 0.15) is 33.1 Å². The van der Waals surface area contributed by atoms with Crippen molar-refractivity contribution >= 4 is 21.7 Å². The minimum atomic E-state index is -3.44. The van der Waals surface area contributed by atoms with Crippen molar-refractivity contribution in [3.05, 3.63) is 0 Å². The van der Waals surface area contributed by atoms with E-state index >= 15 is 0 Å². The van der Waals surface area contributed by atoms with Gasteiger partial charge in [-0.15, -0.1) is 0 Å². The standard InChI is InChI=1S/C10H19NO5S/c1-3-4-5-6-17(15,16)7-9(10(13)14)11-8(2)12/h9H,3-7H2,1-2H3,(H,11,12)(H,13,14)/t9-/m0/s1. The van der Waals surface area contributed by atoms with Crippen LogP contribution in [-0.2, 0) is 19.4 Å². The molecule has 0 saturated carbocycles. The van der Waals surface area contributed by atoms with Crippen molar-refractivity contribution in [3.63, 3.8) is 0 Å². The Labute approximate surface area is 101 Å². The molecule has 0 unspecified atom stereocenters. The fourth-order valence-corrected chi connectivity index (χ4v) is 2.87. The number of carbonyl (C=O) groups is 2. The molecule has 1 atom stereocenters. The Balaban J connectivity index is 4.42. The lowest BCUT2D eigenvalue weighted by atomic mass is 10.3. The first kappa shape index (κ1) is 15.9. The summed E-state index contributed by atoms with van der Waals surface area (Å²) in [6, 6.07) is -1.36. The molecule has 1 amide bonds. The number of rotatable bonds is 8. The Morgan fingerprint density at radius 1 is 1.29 bits per heavy atom. The summed E-state index contributed by atoms with van der Waals surface area (Å²) < 4.78 is 23.2. The highest BCUT2D eigenvalue weighted by molar-refractivity contribution is 7.91. The van der Waals surface area contributed by atoms with Crippen LogP contribution < -0.4 is 5.32 Å². The third-order valence-electron chi connectivity index (χ3n) is 2.16. The molecule has 0 bridgehead atoms. The van der Waals surface area contributed by atoms with Gasteiger partial charge >= 0.3 is 5.97 Å². The molecule has 0 spiro atoms. The first-order valence-corrected chi connectivity index (χ1v) is 7.31. The molecule has 0 radical (unpaired) electrons. The number of carbonyl (C=O) groups excluding carboxylic acids is 1. The number of sulfone groups is 1. The van der Waals surface area contributed by atoms with E-state index in [4.69, 9.17) is 5.11 Å². The molecule has 0 aromatic carbocycles. The molecule has 0 saturated heterocycles. The lowest BCUT2D eigenvalue weighted by Gasteiger charge is -2.13. The van der Waals surface area contributed by atoms with Gasteiger partial charge < -0.3 is 10.4 Å². The Morgan fingerprint density at radius 3 is 2.29 bits per heavy atom. The number of carboxylic acid groups (broad SMARTS) is 1. The summed E-state index contributed by atoms with van der Waals surface area (Å²) in [6.07, 6.45) is 2.20. The Bertz CT molecular complexity index is 363. The molecule has 17 heavy (non-hydrogen) atoms. The van der Waals surface area contributed by atoms with Crippen LogP contribution in [0.5, 0.6) is 0 Å². The third kappa shape index (κ3) is 7.73. The Morgan fingerprint density at radius 2 is 1.88 bits per heavy atom. The summed E-state index contributed by atoms with van der Waals surface area (Å²) in [5.74, 6) is -2.48. The molecule has 0 aromatic rings. The zero-order chi connectivity index (χ0) is 13.5. The van der Waals surface area contributed by atoms with Gasteiger partial charge in [0, 0.05) is 6.92 Å². The maximum absolute atomic E-state index is 11.6. The van der Waals surface area contributed by atoms with Gasteiger partial charge in [-0.3, -0.25) is 4.79 Å². The maximum Gasteiger partial charge on any atom is 0.327 e. The molecular weight excluding hydrogens is 246 g/mol. The Hall–Kier alpha value is -1.11. The van der Waals surface area contributed by atoms with Gasteiger partial charge in [0.2, 0.25) is 5.91 Å². The second kappa shape index (κ2) is 7.26. The van der Waals surface area contributed by atoms with E-state index in [0.717, 1.165) is 19.8 Å². The average Bonchev–Trinajstić information content (AvgIpc) is 2.15. The van der Waals surface area contributed by atoms with E-state index in [1.54, 1.807) is 0 Å². The van der Waals surface area contributed by atoms with E-state index in [-0.39, 0.29) is 5.75 Å². The fraction of sp³-hybridized carbons (Fsp3) is 0.800. The van der Waals surface area contributed by atoms with Crippen LogP contribution in [0.25, 0.3) is 0 Å². The Kier molecular flexibility index (Phi) is 6.79. The topological polar surface area (TPSA) is 101 Å². The van der Waals surface area contributed by atoms with E-state index < -0.39 is 33.5 Å². The van der Waals surface area contributed by atoms with Crippen molar-refractivity contribution in [2.45, 2.75) is 39.2 Å². The monoisotopic (exact) mass is 265 g/mol. The first-order valence-electron chi connectivity index (χ1n) is 5.49. The molecule has 7 heteroatoms. The number of amides is 1. The number of hydrogen-bond donors (Lipinski definition) is 2. The van der Waals surface area contributed by atoms with Gasteiger partial charge in [0.15, 0.2) is 9.84 Å². The van der Waals surface area contributed by atoms with Gasteiger partial charge in [-0.1, -0.05) is 19.8 Å². The quantitative estimate of drug-likeness (QED) is 0.610. The van der Waals surface area contributed by atoms with Gasteiger partial charge in [0.05, 0.1) is 11.5 Å². The molecule has 0 heterocycles. The molecule has 0 fully saturated rings. The van der Waals surface area contributed by atoms with Crippen LogP contribution in [0.2, 0.25) is 0 Å². The van der Waals surface area contributed by atoms with Crippen LogP contribution in [0.4, 0.5) is 0 Å². The van der Waals surface area contributed by atoms with E-state index in [0.29, 0.717) is 6.42 Å². The summed E-state index contributed by atoms with van der Waals surface area (Å²) in [5.41, 5.74) is 0. The van der Waals surface area contributed by atoms with Gasteiger partial charge in [0.1, 0.15) is 6.04 Å². The van der Waals surface area contributed by atoms with Crippen molar-refractivity contribution in [2.24, 2.45) is 0 Å². The normalized spacial score (nSPS) is 13.1. The third-order valence-corrected chi connectivity index (χ3v) is 3.91. The highest BCUT2D eigenvalue weighted by Gasteiger charge is 2.25. The molecule has 100 valence electrons. The summed E-state index contributed by atoms with van der Waals surface area (Å²) in [7, 11) is -3.44. The number of unbranched alkanes of at least 4 members (excludes halogenated alkanes) is 2. The largest absolute Gasteiger partial charge is 0.480 e. The molecular formula is C10H19NO5S. The second-order valence-corrected chi connectivity index (χ2v) is 6.14. The number of nitrogens with one attached hydrogen (secondary N) is 1. The maximum atomic E-state index is 11.6. The predicted octanol–water partition coefficient (Wildman–Crippen LogP) is 0.181. The van der Waals surface area contributed by atoms with Gasteiger partial charge in [-0.2, -0.15) is 0 Å². The zero-order valence-corrected chi connectivity index (χ0v) is 10.9. The number of carboxylic acids is 1. The summed E-state index contributed by atoms with van der Waals surface area (Å²) in [5, 5.41) is 10.9. The summed E-state index contributed by atoms with van der Waals surface area (Å²) in [4.78, 5) is 21.5. The van der Waals surface area contributed by atoms with E-state index in [1.807, 2.05) is 6.92 Å². The van der Waals surface area contributed by atoms with E-state index in [9.17, 15) is 18.0 Å².